The van der Waals surface area contributed by atoms with Crippen LogP contribution in [0.1, 0.15) is 21.7 Å². The molecule has 0 saturated carbocycles. The van der Waals surface area contributed by atoms with E-state index in [0.29, 0.717) is 35.3 Å². The van der Waals surface area contributed by atoms with Gasteiger partial charge in [-0.05, 0) is 84.9 Å². The molecule has 4 aromatic carbocycles. The molecule has 5 aromatic rings. The van der Waals surface area contributed by atoms with E-state index in [9.17, 15) is 13.6 Å². The highest BCUT2D eigenvalue weighted by atomic mass is 35.5. The Balaban J connectivity index is 1.49. The van der Waals surface area contributed by atoms with Crippen molar-refractivity contribution in [3.63, 3.8) is 0 Å². The van der Waals surface area contributed by atoms with Crippen LogP contribution in [0.3, 0.4) is 0 Å². The lowest BCUT2D eigenvalue weighted by atomic mass is 10.1. The summed E-state index contributed by atoms with van der Waals surface area (Å²) in [5.41, 5.74) is 2.25. The summed E-state index contributed by atoms with van der Waals surface area (Å²) in [5, 5.41) is 0.619. The monoisotopic (exact) mass is 530 g/mol. The van der Waals surface area contributed by atoms with Crippen molar-refractivity contribution >= 4 is 40.4 Å². The van der Waals surface area contributed by atoms with Crippen molar-refractivity contribution in [1.29, 1.82) is 0 Å². The van der Waals surface area contributed by atoms with Gasteiger partial charge in [-0.3, -0.25) is 0 Å². The number of rotatable bonds is 8. The standard InChI is InChI=1S/C30H21ClF2N2O3/c31-22-9-15-25(16-10-22)37-18-17-35-27-4-2-1-3-26(27)34-29(35)19-28(20-5-11-23(32)12-6-20)38-30(36)21-7-13-24(33)14-8-21/h1-16,19H,17-18H2/b28-19-. The third-order valence-electron chi connectivity index (χ3n) is 5.75. The molecule has 8 heteroatoms. The zero-order valence-electron chi connectivity index (χ0n) is 20.0. The van der Waals surface area contributed by atoms with E-state index >= 15 is 0 Å². The molecule has 1 aromatic heterocycles. The van der Waals surface area contributed by atoms with Crippen molar-refractivity contribution in [2.75, 3.05) is 6.61 Å². The number of hydrogen-bond donors (Lipinski definition) is 0. The number of imidazole rings is 1. The molecule has 0 unspecified atom stereocenters. The summed E-state index contributed by atoms with van der Waals surface area (Å²) in [5.74, 6) is -0.230. The maximum atomic E-state index is 13.6. The van der Waals surface area contributed by atoms with Crippen LogP contribution in [-0.4, -0.2) is 22.1 Å². The summed E-state index contributed by atoms with van der Waals surface area (Å²) >= 11 is 5.95. The fraction of sp³-hybridized carbons (Fsp3) is 0.0667. The fourth-order valence-electron chi connectivity index (χ4n) is 3.87. The molecule has 38 heavy (non-hydrogen) atoms. The first-order chi connectivity index (χ1) is 18.5. The number of hydrogen-bond acceptors (Lipinski definition) is 4. The van der Waals surface area contributed by atoms with Gasteiger partial charge in [-0.1, -0.05) is 23.7 Å². The number of nitrogens with zero attached hydrogens (tertiary/aromatic N) is 2. The first-order valence-electron chi connectivity index (χ1n) is 11.8. The van der Waals surface area contributed by atoms with Gasteiger partial charge in [0.1, 0.15) is 35.6 Å². The van der Waals surface area contributed by atoms with Crippen molar-refractivity contribution in [3.05, 3.63) is 131 Å². The van der Waals surface area contributed by atoms with Gasteiger partial charge in [-0.15, -0.1) is 0 Å². The number of benzene rings is 4. The summed E-state index contributed by atoms with van der Waals surface area (Å²) in [6, 6.07) is 25.3. The van der Waals surface area contributed by atoms with Crippen LogP contribution in [0.4, 0.5) is 8.78 Å². The number of carbonyl (C=O) groups is 1. The molecule has 0 atom stereocenters. The third kappa shape index (κ3) is 5.90. The maximum Gasteiger partial charge on any atom is 0.343 e. The van der Waals surface area contributed by atoms with Gasteiger partial charge in [0, 0.05) is 16.7 Å². The Morgan fingerprint density at radius 1 is 0.842 bits per heavy atom. The maximum absolute atomic E-state index is 13.6. The van der Waals surface area contributed by atoms with E-state index in [4.69, 9.17) is 26.1 Å². The number of fused-ring (bicyclic) bond motifs is 1. The predicted molar refractivity (Wildman–Crippen MR) is 143 cm³/mol. The van der Waals surface area contributed by atoms with Crippen LogP contribution < -0.4 is 4.74 Å². The third-order valence-corrected chi connectivity index (χ3v) is 6.00. The molecule has 0 amide bonds. The summed E-state index contributed by atoms with van der Waals surface area (Å²) in [7, 11) is 0. The average molecular weight is 531 g/mol. The Labute approximate surface area is 222 Å². The van der Waals surface area contributed by atoms with E-state index in [1.54, 1.807) is 30.3 Å². The molecule has 0 bridgehead atoms. The van der Waals surface area contributed by atoms with E-state index < -0.39 is 17.6 Å². The van der Waals surface area contributed by atoms with Crippen LogP contribution in [0.25, 0.3) is 22.9 Å². The lowest BCUT2D eigenvalue weighted by Crippen LogP contribution is -2.10. The zero-order chi connectivity index (χ0) is 26.5. The van der Waals surface area contributed by atoms with E-state index in [0.717, 1.165) is 11.0 Å². The van der Waals surface area contributed by atoms with Crippen molar-refractivity contribution in [2.45, 2.75) is 6.54 Å². The van der Waals surface area contributed by atoms with Crippen molar-refractivity contribution < 1.29 is 23.0 Å². The Bertz CT molecular complexity index is 1600. The number of esters is 1. The SMILES string of the molecule is O=C(O/C(=C\c1nc2ccccc2n1CCOc1ccc(Cl)cc1)c1ccc(F)cc1)c1ccc(F)cc1. The largest absolute Gasteiger partial charge is 0.492 e. The first kappa shape index (κ1) is 25.2. The molecule has 0 saturated heterocycles. The summed E-state index contributed by atoms with van der Waals surface area (Å²) in [6.45, 7) is 0.779. The van der Waals surface area contributed by atoms with Crippen molar-refractivity contribution in [3.8, 4) is 5.75 Å². The van der Waals surface area contributed by atoms with Crippen LogP contribution >= 0.6 is 11.6 Å². The molecule has 5 rings (SSSR count). The summed E-state index contributed by atoms with van der Waals surface area (Å²) in [4.78, 5) is 17.6. The van der Waals surface area contributed by atoms with Crippen molar-refractivity contribution in [2.24, 2.45) is 0 Å². The van der Waals surface area contributed by atoms with E-state index in [1.807, 2.05) is 28.8 Å². The van der Waals surface area contributed by atoms with Gasteiger partial charge in [-0.2, -0.15) is 0 Å². The summed E-state index contributed by atoms with van der Waals surface area (Å²) < 4.78 is 40.6. The quantitative estimate of drug-likeness (QED) is 0.155. The minimum Gasteiger partial charge on any atom is -0.492 e. The first-order valence-corrected chi connectivity index (χ1v) is 12.1. The van der Waals surface area contributed by atoms with Crippen LogP contribution in [0.5, 0.6) is 5.75 Å². The minimum atomic E-state index is -0.686. The van der Waals surface area contributed by atoms with Gasteiger partial charge in [0.25, 0.3) is 0 Å². The highest BCUT2D eigenvalue weighted by Crippen LogP contribution is 2.25. The molecule has 5 nitrogen and oxygen atoms in total. The number of para-hydroxylation sites is 2. The average Bonchev–Trinajstić information content (AvgIpc) is 3.27. The predicted octanol–water partition coefficient (Wildman–Crippen LogP) is 7.40. The zero-order valence-corrected chi connectivity index (χ0v) is 20.7. The fourth-order valence-corrected chi connectivity index (χ4v) is 4.00. The van der Waals surface area contributed by atoms with Crippen LogP contribution in [0.2, 0.25) is 5.02 Å². The lowest BCUT2D eigenvalue weighted by Gasteiger charge is -2.12. The molecule has 0 spiro atoms. The van der Waals surface area contributed by atoms with Gasteiger partial charge in [0.05, 0.1) is 23.1 Å². The highest BCUT2D eigenvalue weighted by Gasteiger charge is 2.16. The highest BCUT2D eigenvalue weighted by molar-refractivity contribution is 6.30. The second-order valence-electron chi connectivity index (χ2n) is 8.32. The van der Waals surface area contributed by atoms with Gasteiger partial charge in [0.2, 0.25) is 0 Å². The molecule has 0 aliphatic heterocycles. The molecule has 0 aliphatic carbocycles. The second kappa shape index (κ2) is 11.3. The molecule has 190 valence electrons. The second-order valence-corrected chi connectivity index (χ2v) is 8.76. The minimum absolute atomic E-state index is 0.162. The van der Waals surface area contributed by atoms with Crippen LogP contribution in [-0.2, 0) is 11.3 Å². The molecule has 0 fully saturated rings. The van der Waals surface area contributed by atoms with E-state index in [2.05, 4.69) is 0 Å². The number of carbonyl (C=O) groups excluding carboxylic acids is 1. The molecule has 0 N–H and O–H groups in total. The van der Waals surface area contributed by atoms with Gasteiger partial charge in [0.15, 0.2) is 0 Å². The smallest absolute Gasteiger partial charge is 0.343 e. The van der Waals surface area contributed by atoms with Gasteiger partial charge >= 0.3 is 5.97 Å². The van der Waals surface area contributed by atoms with E-state index in [-0.39, 0.29) is 11.3 Å². The number of aromatic nitrogens is 2. The lowest BCUT2D eigenvalue weighted by molar-refractivity contribution is 0.0693. The Morgan fingerprint density at radius 3 is 2.16 bits per heavy atom. The molecular formula is C30H21ClF2N2O3. The van der Waals surface area contributed by atoms with Gasteiger partial charge in [-0.25, -0.2) is 18.6 Å². The number of ether oxygens (including phenoxy) is 2. The molecule has 0 radical (unpaired) electrons. The van der Waals surface area contributed by atoms with Crippen LogP contribution in [0.15, 0.2) is 97.1 Å². The molecule has 1 heterocycles. The number of halogens is 3. The summed E-state index contributed by atoms with van der Waals surface area (Å²) in [6.07, 6.45) is 1.62. The normalized spacial score (nSPS) is 11.5. The Morgan fingerprint density at radius 2 is 1.47 bits per heavy atom. The Kier molecular flexibility index (Phi) is 7.47. The molecule has 0 aliphatic rings. The van der Waals surface area contributed by atoms with Crippen LogP contribution in [0, 0.1) is 11.6 Å². The van der Waals surface area contributed by atoms with Gasteiger partial charge < -0.3 is 14.0 Å². The van der Waals surface area contributed by atoms with Crippen molar-refractivity contribution in [1.82, 2.24) is 9.55 Å². The topological polar surface area (TPSA) is 53.3 Å². The Hall–Kier alpha value is -4.49. The molecular weight excluding hydrogens is 510 g/mol. The van der Waals surface area contributed by atoms with E-state index in [1.165, 1.54) is 48.5 Å².